The summed E-state index contributed by atoms with van der Waals surface area (Å²) < 4.78 is 83.0. The summed E-state index contributed by atoms with van der Waals surface area (Å²) in [6.07, 6.45) is -8.61. The third-order valence-electron chi connectivity index (χ3n) is 1.66. The lowest BCUT2D eigenvalue weighted by Crippen LogP contribution is -2.13. The van der Waals surface area contributed by atoms with Crippen LogP contribution in [0.4, 0.5) is 22.0 Å². The van der Waals surface area contributed by atoms with Crippen LogP contribution < -0.4 is 0 Å². The van der Waals surface area contributed by atoms with Crippen LogP contribution in [0.2, 0.25) is 0 Å². The third-order valence-corrected chi connectivity index (χ3v) is 2.86. The van der Waals surface area contributed by atoms with E-state index in [0.717, 1.165) is 0 Å². The van der Waals surface area contributed by atoms with E-state index in [1.54, 1.807) is 0 Å². The summed E-state index contributed by atoms with van der Waals surface area (Å²) in [6, 6.07) is 0.612. The van der Waals surface area contributed by atoms with E-state index in [0.29, 0.717) is 6.07 Å². The molecule has 17 heavy (non-hydrogen) atoms. The zero-order valence-corrected chi connectivity index (χ0v) is 9.24. The molecular formula is C7H3ClF5NO2S. The number of nitrogens with zero attached hydrogens (tertiary/aromatic N) is 1. The summed E-state index contributed by atoms with van der Waals surface area (Å²) in [5.74, 6) is 0. The molecule has 0 radical (unpaired) electrons. The Morgan fingerprint density at radius 1 is 1.24 bits per heavy atom. The maximum Gasteiger partial charge on any atom is 0.418 e. The normalized spacial score (nSPS) is 13.1. The molecule has 0 bridgehead atoms. The van der Waals surface area contributed by atoms with Gasteiger partial charge in [-0.15, -0.1) is 0 Å². The molecule has 0 amide bonds. The second kappa shape index (κ2) is 4.37. The van der Waals surface area contributed by atoms with Gasteiger partial charge in [0.1, 0.15) is 5.69 Å². The molecular weight excluding hydrogens is 293 g/mol. The van der Waals surface area contributed by atoms with Gasteiger partial charge >= 0.3 is 6.18 Å². The van der Waals surface area contributed by atoms with Crippen LogP contribution in [0.5, 0.6) is 0 Å². The minimum Gasteiger partial charge on any atom is -0.233 e. The minimum atomic E-state index is -5.05. The molecule has 0 saturated carbocycles. The zero-order chi connectivity index (χ0) is 13.4. The molecule has 10 heteroatoms. The molecule has 1 rings (SSSR count). The number of aromatic nitrogens is 1. The van der Waals surface area contributed by atoms with Gasteiger partial charge in [-0.25, -0.2) is 22.2 Å². The summed E-state index contributed by atoms with van der Waals surface area (Å²) in [5.41, 5.74) is -3.37. The van der Waals surface area contributed by atoms with Gasteiger partial charge in [0.15, 0.2) is 5.03 Å². The number of pyridine rings is 1. The Morgan fingerprint density at radius 3 is 2.12 bits per heavy atom. The fourth-order valence-corrected chi connectivity index (χ4v) is 1.69. The first-order valence-corrected chi connectivity index (χ1v) is 6.15. The summed E-state index contributed by atoms with van der Waals surface area (Å²) in [4.78, 5) is 2.72. The SMILES string of the molecule is O=S(=O)(Cl)c1ccc(C(F)(F)F)c(C(F)F)n1. The Morgan fingerprint density at radius 2 is 1.76 bits per heavy atom. The van der Waals surface area contributed by atoms with Gasteiger partial charge in [0, 0.05) is 10.7 Å². The van der Waals surface area contributed by atoms with Crippen LogP contribution in [0.15, 0.2) is 17.2 Å². The van der Waals surface area contributed by atoms with Gasteiger partial charge in [0.25, 0.3) is 15.5 Å². The number of hydrogen-bond acceptors (Lipinski definition) is 3. The van der Waals surface area contributed by atoms with Crippen molar-refractivity contribution in [2.75, 3.05) is 0 Å². The van der Waals surface area contributed by atoms with Gasteiger partial charge in [-0.1, -0.05) is 0 Å². The zero-order valence-electron chi connectivity index (χ0n) is 7.67. The smallest absolute Gasteiger partial charge is 0.233 e. The summed E-state index contributed by atoms with van der Waals surface area (Å²) >= 11 is 0. The molecule has 0 fully saturated rings. The molecule has 1 aromatic heterocycles. The number of halogens is 6. The average molecular weight is 296 g/mol. The fourth-order valence-electron chi connectivity index (χ4n) is 0.998. The fraction of sp³-hybridized carbons (Fsp3) is 0.286. The van der Waals surface area contributed by atoms with Crippen LogP contribution >= 0.6 is 10.7 Å². The highest BCUT2D eigenvalue weighted by Crippen LogP contribution is 2.36. The summed E-state index contributed by atoms with van der Waals surface area (Å²) in [7, 11) is 0.325. The van der Waals surface area contributed by atoms with Crippen LogP contribution in [-0.2, 0) is 15.2 Å². The van der Waals surface area contributed by atoms with Crippen LogP contribution in [0.3, 0.4) is 0 Å². The second-order valence-corrected chi connectivity index (χ2v) is 5.33. The largest absolute Gasteiger partial charge is 0.418 e. The highest BCUT2D eigenvalue weighted by atomic mass is 35.7. The quantitative estimate of drug-likeness (QED) is 0.622. The molecule has 0 unspecified atom stereocenters. The van der Waals surface area contributed by atoms with Gasteiger partial charge in [-0.2, -0.15) is 13.2 Å². The molecule has 1 aromatic rings. The van der Waals surface area contributed by atoms with E-state index in [1.165, 1.54) is 0 Å². The topological polar surface area (TPSA) is 47.0 Å². The third kappa shape index (κ3) is 3.25. The van der Waals surface area contributed by atoms with Crippen molar-refractivity contribution in [2.45, 2.75) is 17.6 Å². The molecule has 0 spiro atoms. The predicted molar refractivity (Wildman–Crippen MR) is 47.2 cm³/mol. The van der Waals surface area contributed by atoms with Gasteiger partial charge in [0.2, 0.25) is 0 Å². The molecule has 3 nitrogen and oxygen atoms in total. The highest BCUT2D eigenvalue weighted by Gasteiger charge is 2.37. The van der Waals surface area contributed by atoms with Gasteiger partial charge in [-0.3, -0.25) is 0 Å². The van der Waals surface area contributed by atoms with Crippen LogP contribution in [0.1, 0.15) is 17.7 Å². The Balaban J connectivity index is 3.49. The first-order valence-electron chi connectivity index (χ1n) is 3.84. The summed E-state index contributed by atoms with van der Waals surface area (Å²) in [6.45, 7) is 0. The van der Waals surface area contributed by atoms with Gasteiger partial charge < -0.3 is 0 Å². The second-order valence-electron chi connectivity index (χ2n) is 2.82. The molecule has 0 saturated heterocycles. The van der Waals surface area contributed by atoms with Crippen molar-refractivity contribution in [1.82, 2.24) is 4.98 Å². The Hall–Kier alpha value is -0.960. The van der Waals surface area contributed by atoms with E-state index in [1.807, 2.05) is 0 Å². The molecule has 0 atom stereocenters. The number of hydrogen-bond donors (Lipinski definition) is 0. The van der Waals surface area contributed by atoms with Crippen LogP contribution in [0, 0.1) is 0 Å². The van der Waals surface area contributed by atoms with E-state index in [-0.39, 0.29) is 6.07 Å². The molecule has 0 aliphatic rings. The van der Waals surface area contributed by atoms with E-state index in [9.17, 15) is 30.4 Å². The maximum atomic E-state index is 12.3. The first kappa shape index (κ1) is 14.1. The van der Waals surface area contributed by atoms with E-state index in [4.69, 9.17) is 10.7 Å². The van der Waals surface area contributed by atoms with Gasteiger partial charge in [-0.05, 0) is 12.1 Å². The van der Waals surface area contributed by atoms with Crippen LogP contribution in [-0.4, -0.2) is 13.4 Å². The Kier molecular flexibility index (Phi) is 3.63. The van der Waals surface area contributed by atoms with E-state index >= 15 is 0 Å². The lowest BCUT2D eigenvalue weighted by molar-refractivity contribution is -0.140. The first-order chi connectivity index (χ1) is 7.53. The Labute approximate surface area is 96.6 Å². The molecule has 0 aliphatic heterocycles. The van der Waals surface area contributed by atoms with Crippen LogP contribution in [0.25, 0.3) is 0 Å². The van der Waals surface area contributed by atoms with E-state index < -0.39 is 37.9 Å². The predicted octanol–water partition coefficient (Wildman–Crippen LogP) is 2.97. The number of rotatable bonds is 2. The molecule has 1 heterocycles. The number of alkyl halides is 5. The highest BCUT2D eigenvalue weighted by molar-refractivity contribution is 8.13. The average Bonchev–Trinajstić information content (AvgIpc) is 2.14. The van der Waals surface area contributed by atoms with Crippen molar-refractivity contribution in [3.05, 3.63) is 23.4 Å². The van der Waals surface area contributed by atoms with Gasteiger partial charge in [0.05, 0.1) is 5.56 Å². The lowest BCUT2D eigenvalue weighted by atomic mass is 10.2. The molecule has 0 aromatic carbocycles. The Bertz CT molecular complexity index is 528. The molecule has 0 aliphatic carbocycles. The van der Waals surface area contributed by atoms with Crippen molar-refractivity contribution in [1.29, 1.82) is 0 Å². The molecule has 96 valence electrons. The monoisotopic (exact) mass is 295 g/mol. The van der Waals surface area contributed by atoms with Crippen molar-refractivity contribution >= 4 is 19.7 Å². The van der Waals surface area contributed by atoms with E-state index in [2.05, 4.69) is 4.98 Å². The minimum absolute atomic E-state index is 0.198. The maximum absolute atomic E-state index is 12.3. The van der Waals surface area contributed by atoms with Crippen molar-refractivity contribution in [2.24, 2.45) is 0 Å². The summed E-state index contributed by atoms with van der Waals surface area (Å²) in [5, 5.41) is -1.05. The van der Waals surface area contributed by atoms with Crippen molar-refractivity contribution in [3.63, 3.8) is 0 Å². The van der Waals surface area contributed by atoms with Crippen molar-refractivity contribution in [3.8, 4) is 0 Å². The van der Waals surface area contributed by atoms with Crippen molar-refractivity contribution < 1.29 is 30.4 Å². The lowest BCUT2D eigenvalue weighted by Gasteiger charge is -2.11. The molecule has 0 N–H and O–H groups in total. The standard InChI is InChI=1S/C7H3ClF5NO2S/c8-17(15,16)4-2-1-3(7(11,12)13)5(14-4)6(9)10/h1-2,6H.